The largest absolute Gasteiger partial charge is 0.433 e. The number of aromatic nitrogens is 2. The molecule has 0 fully saturated rings. The molecule has 0 aliphatic rings. The lowest BCUT2D eigenvalue weighted by Gasteiger charge is -2.15. The molecule has 154 valence electrons. The third-order valence-electron chi connectivity index (χ3n) is 4.78. The highest BCUT2D eigenvalue weighted by atomic mass is 19.4. The predicted octanol–water partition coefficient (Wildman–Crippen LogP) is 5.19. The second kappa shape index (κ2) is 8.95. The van der Waals surface area contributed by atoms with E-state index in [1.807, 2.05) is 31.2 Å². The maximum atomic E-state index is 13.1. The molecule has 2 aromatic carbocycles. The zero-order chi connectivity index (χ0) is 21.7. The van der Waals surface area contributed by atoms with Gasteiger partial charge in [-0.2, -0.15) is 18.4 Å². The Morgan fingerprint density at radius 3 is 2.43 bits per heavy atom. The Balaban J connectivity index is 1.94. The molecule has 3 rings (SSSR count). The van der Waals surface area contributed by atoms with Gasteiger partial charge in [-0.1, -0.05) is 55.8 Å². The molecule has 0 unspecified atom stereocenters. The molecule has 0 amide bonds. The molecule has 0 N–H and O–H groups in total. The van der Waals surface area contributed by atoms with E-state index in [0.29, 0.717) is 24.5 Å². The first kappa shape index (κ1) is 21.3. The Hall–Kier alpha value is -3.40. The van der Waals surface area contributed by atoms with Gasteiger partial charge in [0.1, 0.15) is 5.82 Å². The van der Waals surface area contributed by atoms with Crippen LogP contribution in [0.25, 0.3) is 11.1 Å². The molecule has 0 spiro atoms. The smallest absolute Gasteiger partial charge is 0.292 e. The second-order valence-corrected chi connectivity index (χ2v) is 6.94. The first-order valence-electron chi connectivity index (χ1n) is 9.60. The average molecular weight is 411 g/mol. The van der Waals surface area contributed by atoms with Crippen LogP contribution in [0.2, 0.25) is 0 Å². The van der Waals surface area contributed by atoms with Gasteiger partial charge < -0.3 is 0 Å². The van der Waals surface area contributed by atoms with E-state index < -0.39 is 17.4 Å². The van der Waals surface area contributed by atoms with E-state index in [0.717, 1.165) is 23.1 Å². The summed E-state index contributed by atoms with van der Waals surface area (Å²) in [6.07, 6.45) is -2.95. The Bertz CT molecular complexity index is 1130. The highest BCUT2D eigenvalue weighted by Crippen LogP contribution is 2.27. The van der Waals surface area contributed by atoms with E-state index in [-0.39, 0.29) is 12.4 Å². The Morgan fingerprint density at radius 2 is 1.80 bits per heavy atom. The fourth-order valence-corrected chi connectivity index (χ4v) is 3.20. The highest BCUT2D eigenvalue weighted by Gasteiger charge is 2.34. The third kappa shape index (κ3) is 4.77. The number of rotatable bonds is 6. The van der Waals surface area contributed by atoms with Gasteiger partial charge in [0.05, 0.1) is 18.2 Å². The number of nitrogens with zero attached hydrogens (tertiary/aromatic N) is 3. The molecule has 7 heteroatoms. The molecule has 0 aliphatic heterocycles. The Labute approximate surface area is 172 Å². The van der Waals surface area contributed by atoms with Gasteiger partial charge in [-0.05, 0) is 29.2 Å². The summed E-state index contributed by atoms with van der Waals surface area (Å²) in [4.78, 5) is 16.2. The summed E-state index contributed by atoms with van der Waals surface area (Å²) in [6.45, 7) is 2.05. The topological polar surface area (TPSA) is 58.7 Å². The molecular weight excluding hydrogens is 391 g/mol. The summed E-state index contributed by atoms with van der Waals surface area (Å²) in [5.41, 5.74) is 1.08. The zero-order valence-electron chi connectivity index (χ0n) is 16.4. The van der Waals surface area contributed by atoms with Crippen LogP contribution < -0.4 is 5.56 Å². The van der Waals surface area contributed by atoms with Crippen LogP contribution in [0.15, 0.2) is 59.4 Å². The van der Waals surface area contributed by atoms with Gasteiger partial charge in [-0.25, -0.2) is 4.98 Å². The van der Waals surface area contributed by atoms with Crippen molar-refractivity contribution < 1.29 is 13.2 Å². The minimum Gasteiger partial charge on any atom is -0.292 e. The molecule has 0 atom stereocenters. The molecule has 1 aromatic heterocycles. The lowest BCUT2D eigenvalue weighted by atomic mass is 9.99. The lowest BCUT2D eigenvalue weighted by Crippen LogP contribution is -2.28. The van der Waals surface area contributed by atoms with Crippen LogP contribution in [0, 0.1) is 11.3 Å². The zero-order valence-corrected chi connectivity index (χ0v) is 16.4. The van der Waals surface area contributed by atoms with Crippen LogP contribution in [0.3, 0.4) is 0 Å². The molecule has 1 heterocycles. The lowest BCUT2D eigenvalue weighted by molar-refractivity contribution is -0.141. The highest BCUT2D eigenvalue weighted by molar-refractivity contribution is 5.70. The molecular formula is C23H20F3N3O. The van der Waals surface area contributed by atoms with Gasteiger partial charge in [0, 0.05) is 12.5 Å². The molecule has 0 saturated heterocycles. The molecule has 0 radical (unpaired) electrons. The standard InChI is InChI=1S/C23H20F3N3O/c1-2-3-8-21-28-20(23(24,25)26)13-22(30)29(21)15-16-9-11-17(12-10-16)19-7-5-4-6-18(19)14-27/h4-7,9-13H,2-3,8,15H2,1H3. The minimum absolute atomic E-state index is 0.128. The number of hydrogen-bond acceptors (Lipinski definition) is 3. The predicted molar refractivity (Wildman–Crippen MR) is 108 cm³/mol. The first-order valence-corrected chi connectivity index (χ1v) is 9.60. The van der Waals surface area contributed by atoms with E-state index >= 15 is 0 Å². The van der Waals surface area contributed by atoms with Crippen LogP contribution in [0.5, 0.6) is 0 Å². The van der Waals surface area contributed by atoms with E-state index in [1.165, 1.54) is 4.57 Å². The van der Waals surface area contributed by atoms with Crippen molar-refractivity contribution in [3.63, 3.8) is 0 Å². The van der Waals surface area contributed by atoms with Gasteiger partial charge in [0.2, 0.25) is 0 Å². The maximum Gasteiger partial charge on any atom is 0.433 e. The van der Waals surface area contributed by atoms with Crippen molar-refractivity contribution in [2.75, 3.05) is 0 Å². The molecule has 3 aromatic rings. The number of hydrogen-bond donors (Lipinski definition) is 0. The summed E-state index contributed by atoms with van der Waals surface area (Å²) < 4.78 is 40.5. The number of benzene rings is 2. The van der Waals surface area contributed by atoms with Crippen LogP contribution in [-0.2, 0) is 19.1 Å². The second-order valence-electron chi connectivity index (χ2n) is 6.94. The van der Waals surface area contributed by atoms with Crippen molar-refractivity contribution in [3.8, 4) is 17.2 Å². The van der Waals surface area contributed by atoms with Gasteiger partial charge in [-0.15, -0.1) is 0 Å². The van der Waals surface area contributed by atoms with Gasteiger partial charge >= 0.3 is 6.18 Å². The first-order chi connectivity index (χ1) is 14.3. The fraction of sp³-hybridized carbons (Fsp3) is 0.261. The van der Waals surface area contributed by atoms with Crippen molar-refractivity contribution in [3.05, 3.63) is 87.6 Å². The van der Waals surface area contributed by atoms with E-state index in [2.05, 4.69) is 11.1 Å². The normalized spacial score (nSPS) is 11.3. The molecule has 0 aliphatic carbocycles. The SMILES string of the molecule is CCCCc1nc(C(F)(F)F)cc(=O)n1Cc1ccc(-c2ccccc2C#N)cc1. The minimum atomic E-state index is -4.66. The summed E-state index contributed by atoms with van der Waals surface area (Å²) >= 11 is 0. The molecule has 0 bridgehead atoms. The summed E-state index contributed by atoms with van der Waals surface area (Å²) in [6, 6.07) is 17.2. The monoisotopic (exact) mass is 411 g/mol. The van der Waals surface area contributed by atoms with E-state index in [1.54, 1.807) is 24.3 Å². The molecule has 4 nitrogen and oxygen atoms in total. The van der Waals surface area contributed by atoms with Gasteiger partial charge in [-0.3, -0.25) is 9.36 Å². The number of aryl methyl sites for hydroxylation is 1. The van der Waals surface area contributed by atoms with Crippen LogP contribution >= 0.6 is 0 Å². The fourth-order valence-electron chi connectivity index (χ4n) is 3.20. The maximum absolute atomic E-state index is 13.1. The van der Waals surface area contributed by atoms with Gasteiger partial charge in [0.15, 0.2) is 5.69 Å². The van der Waals surface area contributed by atoms with Crippen LogP contribution in [0.1, 0.15) is 42.4 Å². The van der Waals surface area contributed by atoms with E-state index in [9.17, 15) is 23.2 Å². The quantitative estimate of drug-likeness (QED) is 0.561. The van der Waals surface area contributed by atoms with Crippen LogP contribution in [-0.4, -0.2) is 9.55 Å². The number of nitriles is 1. The summed E-state index contributed by atoms with van der Waals surface area (Å²) in [5.74, 6) is 0.135. The number of alkyl halides is 3. The van der Waals surface area contributed by atoms with Crippen molar-refractivity contribution in [2.45, 2.75) is 38.9 Å². The Morgan fingerprint density at radius 1 is 1.10 bits per heavy atom. The molecule has 0 saturated carbocycles. The Kier molecular flexibility index (Phi) is 6.36. The van der Waals surface area contributed by atoms with Crippen LogP contribution in [0.4, 0.5) is 13.2 Å². The number of halogens is 3. The van der Waals surface area contributed by atoms with Crippen molar-refractivity contribution in [1.29, 1.82) is 5.26 Å². The van der Waals surface area contributed by atoms with Crippen molar-refractivity contribution in [1.82, 2.24) is 9.55 Å². The molecule has 30 heavy (non-hydrogen) atoms. The summed E-state index contributed by atoms with van der Waals surface area (Å²) in [5, 5.41) is 9.27. The summed E-state index contributed by atoms with van der Waals surface area (Å²) in [7, 11) is 0. The van der Waals surface area contributed by atoms with Gasteiger partial charge in [0.25, 0.3) is 5.56 Å². The van der Waals surface area contributed by atoms with Crippen molar-refractivity contribution >= 4 is 0 Å². The van der Waals surface area contributed by atoms with E-state index in [4.69, 9.17) is 0 Å². The van der Waals surface area contributed by atoms with Crippen molar-refractivity contribution in [2.24, 2.45) is 0 Å². The number of unbranched alkanes of at least 4 members (excludes halogenated alkanes) is 1. The third-order valence-corrected chi connectivity index (χ3v) is 4.78. The average Bonchev–Trinajstić information content (AvgIpc) is 2.73.